The molecule has 0 spiro atoms. The van der Waals surface area contributed by atoms with Crippen molar-refractivity contribution in [3.63, 3.8) is 0 Å². The molecule has 3 N–H and O–H groups in total. The summed E-state index contributed by atoms with van der Waals surface area (Å²) in [6, 6.07) is 9.43. The first-order valence-electron chi connectivity index (χ1n) is 11.1. The van der Waals surface area contributed by atoms with E-state index in [9.17, 15) is 4.79 Å². The van der Waals surface area contributed by atoms with Crippen molar-refractivity contribution in [2.24, 2.45) is 11.7 Å². The van der Waals surface area contributed by atoms with Gasteiger partial charge in [-0.05, 0) is 74.6 Å². The Morgan fingerprint density at radius 3 is 2.52 bits per heavy atom. The summed E-state index contributed by atoms with van der Waals surface area (Å²) in [7, 11) is 0. The van der Waals surface area contributed by atoms with Crippen molar-refractivity contribution in [2.45, 2.75) is 75.8 Å². The van der Waals surface area contributed by atoms with Crippen molar-refractivity contribution in [1.29, 1.82) is 0 Å². The average Bonchev–Trinajstić information content (AvgIpc) is 2.93. The molecule has 3 aliphatic rings. The van der Waals surface area contributed by atoms with E-state index in [4.69, 9.17) is 5.73 Å². The third-order valence-corrected chi connectivity index (χ3v) is 7.23. The third kappa shape index (κ3) is 4.55. The lowest BCUT2D eigenvalue weighted by Gasteiger charge is -2.39. The van der Waals surface area contributed by atoms with Crippen molar-refractivity contribution < 1.29 is 4.79 Å². The molecule has 1 saturated carbocycles. The monoisotopic (exact) mass is 369 g/mol. The second kappa shape index (κ2) is 8.74. The molecule has 1 aromatic rings. The lowest BCUT2D eigenvalue weighted by Crippen LogP contribution is -2.45. The minimum Gasteiger partial charge on any atom is -0.366 e. The van der Waals surface area contributed by atoms with E-state index in [0.717, 1.165) is 12.5 Å². The van der Waals surface area contributed by atoms with Gasteiger partial charge in [0.1, 0.15) is 0 Å². The maximum Gasteiger partial charge on any atom is 0.248 e. The largest absolute Gasteiger partial charge is 0.366 e. The maximum atomic E-state index is 11.5. The highest BCUT2D eigenvalue weighted by Gasteiger charge is 2.40. The van der Waals surface area contributed by atoms with Crippen LogP contribution in [0.3, 0.4) is 0 Å². The van der Waals surface area contributed by atoms with Crippen molar-refractivity contribution in [3.8, 4) is 0 Å². The molecule has 2 bridgehead atoms. The minimum atomic E-state index is -0.318. The van der Waals surface area contributed by atoms with E-state index in [-0.39, 0.29) is 5.91 Å². The number of fused-ring (bicyclic) bond motifs is 2. The van der Waals surface area contributed by atoms with Crippen LogP contribution in [0.4, 0.5) is 0 Å². The van der Waals surface area contributed by atoms with Gasteiger partial charge in [-0.3, -0.25) is 9.69 Å². The Bertz CT molecular complexity index is 626. The minimum absolute atomic E-state index is 0.318. The van der Waals surface area contributed by atoms with E-state index >= 15 is 0 Å². The van der Waals surface area contributed by atoms with Crippen LogP contribution in [0.2, 0.25) is 0 Å². The first-order valence-corrected chi connectivity index (χ1v) is 11.1. The molecular weight excluding hydrogens is 334 g/mol. The number of hydrogen-bond donors (Lipinski definition) is 2. The van der Waals surface area contributed by atoms with Crippen LogP contribution in [0.5, 0.6) is 0 Å². The molecule has 2 aliphatic heterocycles. The number of piperidine rings is 1. The highest BCUT2D eigenvalue weighted by atomic mass is 16.1. The Labute approximate surface area is 163 Å². The number of nitrogens with two attached hydrogens (primary N) is 1. The van der Waals surface area contributed by atoms with E-state index < -0.39 is 0 Å². The Kier molecular flexibility index (Phi) is 6.14. The van der Waals surface area contributed by atoms with Crippen LogP contribution >= 0.6 is 0 Å². The Hall–Kier alpha value is -1.39. The zero-order valence-electron chi connectivity index (χ0n) is 16.5. The highest BCUT2D eigenvalue weighted by Crippen LogP contribution is 2.42. The molecule has 0 aromatic heterocycles. The third-order valence-electron chi connectivity index (χ3n) is 7.23. The normalized spacial score (nSPS) is 29.1. The molecule has 4 heteroatoms. The highest BCUT2D eigenvalue weighted by molar-refractivity contribution is 5.92. The quantitative estimate of drug-likeness (QED) is 0.721. The van der Waals surface area contributed by atoms with Gasteiger partial charge in [0.15, 0.2) is 0 Å². The van der Waals surface area contributed by atoms with Crippen LogP contribution in [0.15, 0.2) is 24.3 Å². The number of primary amides is 1. The predicted octanol–water partition coefficient (Wildman–Crippen LogP) is 3.67. The molecule has 2 saturated heterocycles. The zero-order valence-corrected chi connectivity index (χ0v) is 16.5. The van der Waals surface area contributed by atoms with Gasteiger partial charge in [0.25, 0.3) is 0 Å². The van der Waals surface area contributed by atoms with Crippen LogP contribution in [-0.4, -0.2) is 42.5 Å². The molecule has 1 aromatic carbocycles. The summed E-state index contributed by atoms with van der Waals surface area (Å²) in [6.07, 6.45) is 12.3. The number of nitrogens with one attached hydrogen (secondary N) is 1. The smallest absolute Gasteiger partial charge is 0.248 e. The lowest BCUT2D eigenvalue weighted by molar-refractivity contribution is 0.1000. The van der Waals surface area contributed by atoms with Gasteiger partial charge in [-0.15, -0.1) is 0 Å². The van der Waals surface area contributed by atoms with E-state index in [1.807, 2.05) is 18.2 Å². The van der Waals surface area contributed by atoms with Crippen LogP contribution in [0.25, 0.3) is 0 Å². The van der Waals surface area contributed by atoms with Crippen LogP contribution < -0.4 is 11.1 Å². The van der Waals surface area contributed by atoms with Gasteiger partial charge in [0.05, 0.1) is 0 Å². The van der Waals surface area contributed by atoms with Crippen molar-refractivity contribution in [3.05, 3.63) is 35.4 Å². The first-order chi connectivity index (χ1) is 13.2. The van der Waals surface area contributed by atoms with Crippen LogP contribution in [0.1, 0.15) is 79.6 Å². The summed E-state index contributed by atoms with van der Waals surface area (Å²) in [5.41, 5.74) is 7.42. The predicted molar refractivity (Wildman–Crippen MR) is 110 cm³/mol. The molecule has 1 unspecified atom stereocenters. The molecule has 0 radical (unpaired) electrons. The van der Waals surface area contributed by atoms with Gasteiger partial charge in [0, 0.05) is 30.7 Å². The van der Waals surface area contributed by atoms with Crippen molar-refractivity contribution in [2.75, 3.05) is 19.6 Å². The van der Waals surface area contributed by atoms with E-state index in [1.54, 1.807) is 0 Å². The van der Waals surface area contributed by atoms with Crippen molar-refractivity contribution in [1.82, 2.24) is 10.2 Å². The molecule has 3 atom stereocenters. The molecule has 148 valence electrons. The average molecular weight is 370 g/mol. The Morgan fingerprint density at radius 2 is 1.81 bits per heavy atom. The van der Waals surface area contributed by atoms with Crippen molar-refractivity contribution >= 4 is 5.91 Å². The SMILES string of the molecule is NC(=O)c1cccc(C2C[C@H]3CC[C@@H](C2)N3CCNCC2CCCCC2)c1. The number of amides is 1. The Morgan fingerprint density at radius 1 is 1.07 bits per heavy atom. The van der Waals surface area contributed by atoms with Gasteiger partial charge in [-0.25, -0.2) is 0 Å². The fourth-order valence-electron chi connectivity index (χ4n) is 5.76. The molecule has 4 rings (SSSR count). The number of nitrogens with zero attached hydrogens (tertiary/aromatic N) is 1. The first kappa shape index (κ1) is 18.9. The number of carbonyl (C=O) groups is 1. The fourth-order valence-corrected chi connectivity index (χ4v) is 5.76. The summed E-state index contributed by atoms with van der Waals surface area (Å²) in [4.78, 5) is 14.3. The van der Waals surface area contributed by atoms with Crippen LogP contribution in [0, 0.1) is 5.92 Å². The zero-order chi connectivity index (χ0) is 18.6. The second-order valence-electron chi connectivity index (χ2n) is 8.99. The summed E-state index contributed by atoms with van der Waals surface area (Å²) in [5.74, 6) is 1.17. The van der Waals surface area contributed by atoms with E-state index in [1.165, 1.54) is 76.4 Å². The molecule has 27 heavy (non-hydrogen) atoms. The summed E-state index contributed by atoms with van der Waals surface area (Å²) >= 11 is 0. The topological polar surface area (TPSA) is 58.4 Å². The standard InChI is InChI=1S/C23H35N3O/c24-23(27)19-8-4-7-18(13-19)20-14-21-9-10-22(15-20)26(21)12-11-25-16-17-5-2-1-3-6-17/h4,7-8,13,17,20-22,25H,1-3,5-6,9-12,14-16H2,(H2,24,27)/t20?,21-,22+. The molecule has 1 amide bonds. The number of rotatable bonds is 7. The van der Waals surface area contributed by atoms with Gasteiger partial charge >= 0.3 is 0 Å². The molecule has 3 fully saturated rings. The molecule has 2 heterocycles. The summed E-state index contributed by atoms with van der Waals surface area (Å²) in [6.45, 7) is 3.53. The van der Waals surface area contributed by atoms with Gasteiger partial charge < -0.3 is 11.1 Å². The Balaban J connectivity index is 1.27. The summed E-state index contributed by atoms with van der Waals surface area (Å²) < 4.78 is 0. The molecular formula is C23H35N3O. The molecule has 1 aliphatic carbocycles. The summed E-state index contributed by atoms with van der Waals surface area (Å²) in [5, 5.41) is 3.74. The van der Waals surface area contributed by atoms with Gasteiger partial charge in [-0.2, -0.15) is 0 Å². The van der Waals surface area contributed by atoms with E-state index in [0.29, 0.717) is 23.6 Å². The van der Waals surface area contributed by atoms with Crippen LogP contribution in [-0.2, 0) is 0 Å². The number of carbonyl (C=O) groups excluding carboxylic acids is 1. The maximum absolute atomic E-state index is 11.5. The van der Waals surface area contributed by atoms with E-state index in [2.05, 4.69) is 16.3 Å². The lowest BCUT2D eigenvalue weighted by atomic mass is 9.84. The second-order valence-corrected chi connectivity index (χ2v) is 8.99. The number of benzene rings is 1. The fraction of sp³-hybridized carbons (Fsp3) is 0.696. The van der Waals surface area contributed by atoms with Gasteiger partial charge in [0.2, 0.25) is 5.91 Å². The van der Waals surface area contributed by atoms with Gasteiger partial charge in [-0.1, -0.05) is 31.4 Å². The molecule has 4 nitrogen and oxygen atoms in total. The number of hydrogen-bond acceptors (Lipinski definition) is 3.